The average molecular weight is 250 g/mol. The van der Waals surface area contributed by atoms with Gasteiger partial charge in [-0.05, 0) is 26.8 Å². The summed E-state index contributed by atoms with van der Waals surface area (Å²) in [5.74, 6) is -0.320. The van der Waals surface area contributed by atoms with Gasteiger partial charge in [0.2, 0.25) is 5.91 Å². The molecule has 0 aromatic carbocycles. The van der Waals surface area contributed by atoms with Gasteiger partial charge in [0.05, 0.1) is 0 Å². The van der Waals surface area contributed by atoms with Gasteiger partial charge in [0, 0.05) is 25.8 Å². The van der Waals surface area contributed by atoms with Crippen LogP contribution >= 0.6 is 0 Å². The Morgan fingerprint density at radius 3 is 2.89 bits per heavy atom. The predicted octanol–water partition coefficient (Wildman–Crippen LogP) is 0.254. The molecule has 1 saturated heterocycles. The number of piperazine rings is 1. The Bertz CT molecular complexity index is 478. The van der Waals surface area contributed by atoms with Crippen LogP contribution in [-0.4, -0.2) is 45.1 Å². The fraction of sp³-hybridized carbons (Fsp3) is 0.583. The zero-order valence-electron chi connectivity index (χ0n) is 10.9. The molecule has 1 aliphatic heterocycles. The lowest BCUT2D eigenvalue weighted by atomic mass is 9.98. The van der Waals surface area contributed by atoms with Crippen LogP contribution in [0.1, 0.15) is 31.3 Å². The number of nitrogens with zero attached hydrogens (tertiary/aromatic N) is 3. The summed E-state index contributed by atoms with van der Waals surface area (Å²) >= 11 is 0. The van der Waals surface area contributed by atoms with Crippen LogP contribution in [0.15, 0.2) is 12.3 Å². The molecule has 18 heavy (non-hydrogen) atoms. The van der Waals surface area contributed by atoms with E-state index in [0.29, 0.717) is 18.8 Å². The largest absolute Gasteiger partial charge is 0.352 e. The first-order chi connectivity index (χ1) is 8.46. The topological polar surface area (TPSA) is 67.2 Å². The van der Waals surface area contributed by atoms with E-state index in [0.717, 1.165) is 6.54 Å². The van der Waals surface area contributed by atoms with Crippen LogP contribution in [0.2, 0.25) is 0 Å². The fourth-order valence-corrected chi connectivity index (χ4v) is 2.05. The Morgan fingerprint density at radius 2 is 2.28 bits per heavy atom. The fourth-order valence-electron chi connectivity index (χ4n) is 2.05. The lowest BCUT2D eigenvalue weighted by Gasteiger charge is -2.40. The minimum Gasteiger partial charge on any atom is -0.352 e. The molecule has 0 saturated carbocycles. The van der Waals surface area contributed by atoms with E-state index in [-0.39, 0.29) is 11.8 Å². The molecule has 1 aromatic heterocycles. The van der Waals surface area contributed by atoms with E-state index in [4.69, 9.17) is 0 Å². The third-order valence-corrected chi connectivity index (χ3v) is 3.28. The van der Waals surface area contributed by atoms with Crippen molar-refractivity contribution in [1.29, 1.82) is 0 Å². The molecule has 6 heteroatoms. The Labute approximate surface area is 106 Å². The molecule has 0 spiro atoms. The number of amides is 2. The van der Waals surface area contributed by atoms with Crippen molar-refractivity contribution in [1.82, 2.24) is 20.0 Å². The Hall–Kier alpha value is -1.85. The van der Waals surface area contributed by atoms with Crippen molar-refractivity contribution in [2.75, 3.05) is 13.1 Å². The molecule has 2 rings (SSSR count). The van der Waals surface area contributed by atoms with Crippen LogP contribution in [0.5, 0.6) is 0 Å². The van der Waals surface area contributed by atoms with Crippen molar-refractivity contribution in [3.8, 4) is 0 Å². The summed E-state index contributed by atoms with van der Waals surface area (Å²) in [6, 6.07) is 1.69. The molecule has 0 bridgehead atoms. The van der Waals surface area contributed by atoms with Crippen LogP contribution in [0.3, 0.4) is 0 Å². The van der Waals surface area contributed by atoms with Crippen LogP contribution in [0.25, 0.3) is 0 Å². The molecule has 2 amide bonds. The van der Waals surface area contributed by atoms with Crippen LogP contribution in [0, 0.1) is 0 Å². The maximum Gasteiger partial charge on any atom is 0.275 e. The first kappa shape index (κ1) is 12.6. The molecule has 0 radical (unpaired) electrons. The molecule has 6 nitrogen and oxygen atoms in total. The van der Waals surface area contributed by atoms with Gasteiger partial charge in [0.15, 0.2) is 0 Å². The predicted molar refractivity (Wildman–Crippen MR) is 66.0 cm³/mol. The highest BCUT2D eigenvalue weighted by Gasteiger charge is 2.41. The number of carbonyl (C=O) groups is 2. The number of rotatable bonds is 2. The van der Waals surface area contributed by atoms with Gasteiger partial charge in [0.25, 0.3) is 5.91 Å². The quantitative estimate of drug-likeness (QED) is 0.818. The highest BCUT2D eigenvalue weighted by atomic mass is 16.2. The molecule has 1 aromatic rings. The second-order valence-corrected chi connectivity index (χ2v) is 4.83. The Morgan fingerprint density at radius 1 is 1.56 bits per heavy atom. The van der Waals surface area contributed by atoms with Gasteiger partial charge >= 0.3 is 0 Å². The van der Waals surface area contributed by atoms with Gasteiger partial charge in [0.1, 0.15) is 11.2 Å². The van der Waals surface area contributed by atoms with Gasteiger partial charge < -0.3 is 10.2 Å². The molecule has 98 valence electrons. The van der Waals surface area contributed by atoms with Crippen molar-refractivity contribution in [2.45, 2.75) is 32.9 Å². The lowest BCUT2D eigenvalue weighted by Crippen LogP contribution is -2.63. The first-order valence-electron chi connectivity index (χ1n) is 6.10. The molecular weight excluding hydrogens is 232 g/mol. The molecular formula is C12H18N4O2. The summed E-state index contributed by atoms with van der Waals surface area (Å²) in [6.07, 6.45) is 1.77. The summed E-state index contributed by atoms with van der Waals surface area (Å²) in [4.78, 5) is 25.7. The first-order valence-corrected chi connectivity index (χ1v) is 6.10. The second-order valence-electron chi connectivity index (χ2n) is 4.83. The number of nitrogens with one attached hydrogen (secondary N) is 1. The minimum atomic E-state index is -0.828. The zero-order chi connectivity index (χ0) is 13.3. The van der Waals surface area contributed by atoms with Crippen LogP contribution in [-0.2, 0) is 11.3 Å². The molecule has 2 heterocycles. The van der Waals surface area contributed by atoms with Crippen LogP contribution in [0.4, 0.5) is 0 Å². The Balaban J connectivity index is 2.24. The van der Waals surface area contributed by atoms with Crippen molar-refractivity contribution < 1.29 is 9.59 Å². The van der Waals surface area contributed by atoms with E-state index in [1.165, 1.54) is 0 Å². The van der Waals surface area contributed by atoms with Gasteiger partial charge in [-0.25, -0.2) is 0 Å². The van der Waals surface area contributed by atoms with E-state index in [1.807, 2.05) is 6.92 Å². The highest BCUT2D eigenvalue weighted by molar-refractivity contribution is 5.98. The zero-order valence-corrected chi connectivity index (χ0v) is 10.9. The number of carbonyl (C=O) groups excluding carboxylic acids is 2. The molecule has 0 atom stereocenters. The van der Waals surface area contributed by atoms with E-state index >= 15 is 0 Å². The summed E-state index contributed by atoms with van der Waals surface area (Å²) in [6.45, 7) is 7.17. The van der Waals surface area contributed by atoms with E-state index < -0.39 is 5.54 Å². The SMILES string of the molecule is CCn1ccc(C(=O)N2CCNC(=O)C2(C)C)n1. The van der Waals surface area contributed by atoms with Gasteiger partial charge in [-0.3, -0.25) is 14.3 Å². The highest BCUT2D eigenvalue weighted by Crippen LogP contribution is 2.19. The third-order valence-electron chi connectivity index (χ3n) is 3.28. The maximum atomic E-state index is 12.4. The van der Waals surface area contributed by atoms with Crippen molar-refractivity contribution in [2.24, 2.45) is 0 Å². The lowest BCUT2D eigenvalue weighted by molar-refractivity contribution is -0.133. The van der Waals surface area contributed by atoms with Gasteiger partial charge in [-0.2, -0.15) is 5.10 Å². The van der Waals surface area contributed by atoms with Crippen molar-refractivity contribution in [3.05, 3.63) is 18.0 Å². The summed E-state index contributed by atoms with van der Waals surface area (Å²) < 4.78 is 1.70. The van der Waals surface area contributed by atoms with E-state index in [1.54, 1.807) is 35.7 Å². The number of aryl methyl sites for hydroxylation is 1. The average Bonchev–Trinajstić information content (AvgIpc) is 2.80. The normalized spacial score (nSPS) is 18.6. The standard InChI is InChI=1S/C12H18N4O2/c1-4-15-7-5-9(14-15)10(17)16-8-6-13-11(18)12(16,2)3/h5,7H,4,6,8H2,1-3H3,(H,13,18). The molecule has 0 aliphatic carbocycles. The van der Waals surface area contributed by atoms with Gasteiger partial charge in [-0.1, -0.05) is 0 Å². The van der Waals surface area contributed by atoms with Crippen molar-refractivity contribution in [3.63, 3.8) is 0 Å². The van der Waals surface area contributed by atoms with Crippen LogP contribution < -0.4 is 5.32 Å². The number of hydrogen-bond donors (Lipinski definition) is 1. The molecule has 0 unspecified atom stereocenters. The monoisotopic (exact) mass is 250 g/mol. The Kier molecular flexibility index (Phi) is 3.11. The minimum absolute atomic E-state index is 0.128. The summed E-state index contributed by atoms with van der Waals surface area (Å²) in [7, 11) is 0. The summed E-state index contributed by atoms with van der Waals surface area (Å²) in [5, 5.41) is 6.95. The number of aromatic nitrogens is 2. The summed E-state index contributed by atoms with van der Waals surface area (Å²) in [5.41, 5.74) is -0.440. The maximum absolute atomic E-state index is 12.4. The third kappa shape index (κ3) is 1.98. The second kappa shape index (κ2) is 4.44. The van der Waals surface area contributed by atoms with E-state index in [9.17, 15) is 9.59 Å². The molecule has 1 fully saturated rings. The number of hydrogen-bond acceptors (Lipinski definition) is 3. The van der Waals surface area contributed by atoms with Crippen molar-refractivity contribution >= 4 is 11.8 Å². The molecule has 1 N–H and O–H groups in total. The smallest absolute Gasteiger partial charge is 0.275 e. The van der Waals surface area contributed by atoms with Gasteiger partial charge in [-0.15, -0.1) is 0 Å². The van der Waals surface area contributed by atoms with E-state index in [2.05, 4.69) is 10.4 Å². The molecule has 1 aliphatic rings.